The lowest BCUT2D eigenvalue weighted by molar-refractivity contribution is -0.119. The highest BCUT2D eigenvalue weighted by molar-refractivity contribution is 6.30. The fourth-order valence-corrected chi connectivity index (χ4v) is 2.36. The third-order valence-electron chi connectivity index (χ3n) is 3.06. The minimum absolute atomic E-state index is 0.0813. The first-order valence-corrected chi connectivity index (χ1v) is 6.19. The average molecular weight is 256 g/mol. The standard InChI is InChI=1S/C13H15ClFNO/c14-12-7-9(1-2-13(12)15)5-11(17)6-10-3-4-16-8-10/h1-2,7,10,16H,3-6,8H2. The molecule has 1 heterocycles. The van der Waals surface area contributed by atoms with Gasteiger partial charge in [0.25, 0.3) is 0 Å². The Hall–Kier alpha value is -0.930. The second kappa shape index (κ2) is 5.61. The normalized spacial score (nSPS) is 19.5. The first-order valence-electron chi connectivity index (χ1n) is 5.81. The van der Waals surface area contributed by atoms with Gasteiger partial charge < -0.3 is 5.32 Å². The topological polar surface area (TPSA) is 29.1 Å². The minimum Gasteiger partial charge on any atom is -0.316 e. The van der Waals surface area contributed by atoms with E-state index in [1.54, 1.807) is 6.07 Å². The molecule has 1 N–H and O–H groups in total. The maximum absolute atomic E-state index is 12.9. The number of carbonyl (C=O) groups excluding carboxylic acids is 1. The molecule has 1 aliphatic rings. The molecule has 1 aromatic carbocycles. The molecule has 0 bridgehead atoms. The van der Waals surface area contributed by atoms with E-state index in [1.807, 2.05) is 0 Å². The van der Waals surface area contributed by atoms with Crippen molar-refractivity contribution in [3.63, 3.8) is 0 Å². The van der Waals surface area contributed by atoms with Gasteiger partial charge in [0.05, 0.1) is 5.02 Å². The summed E-state index contributed by atoms with van der Waals surface area (Å²) in [6, 6.07) is 4.45. The maximum Gasteiger partial charge on any atom is 0.141 e. The zero-order valence-corrected chi connectivity index (χ0v) is 10.3. The lowest BCUT2D eigenvalue weighted by atomic mass is 9.98. The molecule has 4 heteroatoms. The van der Waals surface area contributed by atoms with Gasteiger partial charge in [0.2, 0.25) is 0 Å². The number of ketones is 1. The van der Waals surface area contributed by atoms with Gasteiger partial charge in [0.1, 0.15) is 11.6 Å². The zero-order chi connectivity index (χ0) is 12.3. The van der Waals surface area contributed by atoms with E-state index in [0.717, 1.165) is 25.1 Å². The number of halogens is 2. The Balaban J connectivity index is 1.90. The lowest BCUT2D eigenvalue weighted by Gasteiger charge is -2.07. The monoisotopic (exact) mass is 255 g/mol. The highest BCUT2D eigenvalue weighted by Gasteiger charge is 2.18. The van der Waals surface area contributed by atoms with Crippen molar-refractivity contribution in [2.24, 2.45) is 5.92 Å². The summed E-state index contributed by atoms with van der Waals surface area (Å²) in [5.41, 5.74) is 0.785. The minimum atomic E-state index is -0.442. The van der Waals surface area contributed by atoms with Gasteiger partial charge in [0, 0.05) is 12.8 Å². The molecule has 1 saturated heterocycles. The van der Waals surface area contributed by atoms with Gasteiger partial charge in [-0.25, -0.2) is 4.39 Å². The Bertz CT molecular complexity index is 416. The highest BCUT2D eigenvalue weighted by Crippen LogP contribution is 2.18. The number of hydrogen-bond acceptors (Lipinski definition) is 2. The van der Waals surface area contributed by atoms with Crippen LogP contribution in [0.1, 0.15) is 18.4 Å². The average Bonchev–Trinajstić information content (AvgIpc) is 2.76. The Morgan fingerprint density at radius 2 is 2.35 bits per heavy atom. The Labute approximate surface area is 105 Å². The molecule has 1 aliphatic heterocycles. The van der Waals surface area contributed by atoms with Crippen molar-refractivity contribution >= 4 is 17.4 Å². The van der Waals surface area contributed by atoms with Crippen LogP contribution in [0, 0.1) is 11.7 Å². The molecule has 17 heavy (non-hydrogen) atoms. The molecule has 1 fully saturated rings. The Morgan fingerprint density at radius 3 is 3.00 bits per heavy atom. The molecular formula is C13H15ClFNO. The van der Waals surface area contributed by atoms with Crippen LogP contribution >= 0.6 is 11.6 Å². The molecule has 0 aromatic heterocycles. The molecule has 1 aromatic rings. The van der Waals surface area contributed by atoms with E-state index in [9.17, 15) is 9.18 Å². The van der Waals surface area contributed by atoms with Gasteiger partial charge in [-0.15, -0.1) is 0 Å². The number of nitrogens with one attached hydrogen (secondary N) is 1. The highest BCUT2D eigenvalue weighted by atomic mass is 35.5. The summed E-state index contributed by atoms with van der Waals surface area (Å²) >= 11 is 5.67. The van der Waals surface area contributed by atoms with Crippen LogP contribution in [0.2, 0.25) is 5.02 Å². The molecule has 0 spiro atoms. The fraction of sp³-hybridized carbons (Fsp3) is 0.462. The summed E-state index contributed by atoms with van der Waals surface area (Å²) in [7, 11) is 0. The van der Waals surface area contributed by atoms with Crippen molar-refractivity contribution in [1.29, 1.82) is 0 Å². The summed E-state index contributed by atoms with van der Waals surface area (Å²) in [5, 5.41) is 3.32. The summed E-state index contributed by atoms with van der Waals surface area (Å²) in [5.74, 6) is 0.211. The van der Waals surface area contributed by atoms with Crippen LogP contribution in [0.3, 0.4) is 0 Å². The van der Waals surface area contributed by atoms with E-state index < -0.39 is 5.82 Å². The van der Waals surface area contributed by atoms with Crippen molar-refractivity contribution in [2.75, 3.05) is 13.1 Å². The van der Waals surface area contributed by atoms with Crippen LogP contribution in [0.5, 0.6) is 0 Å². The SMILES string of the molecule is O=C(Cc1ccc(F)c(Cl)c1)CC1CCNC1. The van der Waals surface area contributed by atoms with Gasteiger partial charge >= 0.3 is 0 Å². The van der Waals surface area contributed by atoms with E-state index in [1.165, 1.54) is 12.1 Å². The number of carbonyl (C=O) groups is 1. The van der Waals surface area contributed by atoms with Gasteiger partial charge in [-0.2, -0.15) is 0 Å². The van der Waals surface area contributed by atoms with Crippen LogP contribution in [-0.2, 0) is 11.2 Å². The van der Waals surface area contributed by atoms with Crippen LogP contribution in [-0.4, -0.2) is 18.9 Å². The molecule has 0 aliphatic carbocycles. The number of rotatable bonds is 4. The first kappa shape index (κ1) is 12.5. The zero-order valence-electron chi connectivity index (χ0n) is 9.51. The third-order valence-corrected chi connectivity index (χ3v) is 3.35. The van der Waals surface area contributed by atoms with Crippen molar-refractivity contribution in [3.8, 4) is 0 Å². The van der Waals surface area contributed by atoms with E-state index in [-0.39, 0.29) is 10.8 Å². The summed E-state index contributed by atoms with van der Waals surface area (Å²) in [4.78, 5) is 11.8. The van der Waals surface area contributed by atoms with Gasteiger partial charge in [0.15, 0.2) is 0 Å². The van der Waals surface area contributed by atoms with Crippen LogP contribution in [0.4, 0.5) is 4.39 Å². The molecule has 0 saturated carbocycles. The Morgan fingerprint density at radius 1 is 1.53 bits per heavy atom. The van der Waals surface area contributed by atoms with Crippen molar-refractivity contribution in [2.45, 2.75) is 19.3 Å². The predicted octanol–water partition coefficient (Wildman–Crippen LogP) is 2.59. The summed E-state index contributed by atoms with van der Waals surface area (Å²) < 4.78 is 12.9. The van der Waals surface area contributed by atoms with Gasteiger partial charge in [-0.05, 0) is 43.1 Å². The lowest BCUT2D eigenvalue weighted by Crippen LogP contribution is -2.14. The van der Waals surface area contributed by atoms with E-state index in [2.05, 4.69) is 5.32 Å². The van der Waals surface area contributed by atoms with Crippen molar-refractivity contribution < 1.29 is 9.18 Å². The molecule has 92 valence electrons. The number of benzene rings is 1. The molecule has 2 nitrogen and oxygen atoms in total. The molecule has 1 unspecified atom stereocenters. The van der Waals surface area contributed by atoms with Crippen LogP contribution < -0.4 is 5.32 Å². The van der Waals surface area contributed by atoms with E-state index >= 15 is 0 Å². The second-order valence-corrected chi connectivity index (χ2v) is 4.93. The molecule has 0 amide bonds. The maximum atomic E-state index is 12.9. The number of hydrogen-bond donors (Lipinski definition) is 1. The van der Waals surface area contributed by atoms with Crippen molar-refractivity contribution in [3.05, 3.63) is 34.6 Å². The summed E-state index contributed by atoms with van der Waals surface area (Å²) in [6.07, 6.45) is 2.01. The smallest absolute Gasteiger partial charge is 0.141 e. The molecule has 2 rings (SSSR count). The first-order chi connectivity index (χ1) is 8.15. The molecule has 1 atom stereocenters. The van der Waals surface area contributed by atoms with Crippen molar-refractivity contribution in [1.82, 2.24) is 5.32 Å². The molecular weight excluding hydrogens is 241 g/mol. The number of Topliss-reactive ketones (excluding diaryl/α,β-unsaturated/α-hetero) is 1. The quantitative estimate of drug-likeness (QED) is 0.896. The van der Waals surface area contributed by atoms with Crippen LogP contribution in [0.25, 0.3) is 0 Å². The van der Waals surface area contributed by atoms with Gasteiger partial charge in [-0.1, -0.05) is 17.7 Å². The fourth-order valence-electron chi connectivity index (χ4n) is 2.16. The van der Waals surface area contributed by atoms with Crippen LogP contribution in [0.15, 0.2) is 18.2 Å². The molecule has 0 radical (unpaired) electrons. The summed E-state index contributed by atoms with van der Waals surface area (Å²) in [6.45, 7) is 1.93. The van der Waals surface area contributed by atoms with E-state index in [0.29, 0.717) is 18.8 Å². The van der Waals surface area contributed by atoms with Gasteiger partial charge in [-0.3, -0.25) is 4.79 Å². The predicted molar refractivity (Wildman–Crippen MR) is 65.7 cm³/mol. The van der Waals surface area contributed by atoms with E-state index in [4.69, 9.17) is 11.6 Å². The second-order valence-electron chi connectivity index (χ2n) is 4.53. The third kappa shape index (κ3) is 3.51. The largest absolute Gasteiger partial charge is 0.316 e. The Kier molecular flexibility index (Phi) is 4.13.